The summed E-state index contributed by atoms with van der Waals surface area (Å²) in [6.07, 6.45) is 0.477. The molecule has 4 rings (SSSR count). The Labute approximate surface area is 200 Å². The van der Waals surface area contributed by atoms with E-state index in [1.54, 1.807) is 6.07 Å². The van der Waals surface area contributed by atoms with Gasteiger partial charge in [0.1, 0.15) is 0 Å². The van der Waals surface area contributed by atoms with Gasteiger partial charge in [-0.05, 0) is 62.2 Å². The molecule has 0 saturated carbocycles. The molecule has 2 aliphatic rings. The zero-order valence-corrected chi connectivity index (χ0v) is 20.5. The topological polar surface area (TPSA) is 61.9 Å². The minimum atomic E-state index is -0.148. The summed E-state index contributed by atoms with van der Waals surface area (Å²) in [5, 5.41) is 2.99. The molecule has 0 aromatic heterocycles. The average Bonchev–Trinajstić information content (AvgIpc) is 2.80. The number of aryl methyl sites for hydroxylation is 1. The van der Waals surface area contributed by atoms with Gasteiger partial charge in [-0.3, -0.25) is 14.5 Å². The second-order valence-corrected chi connectivity index (χ2v) is 10.3. The molecule has 0 radical (unpaired) electrons. The van der Waals surface area contributed by atoms with Gasteiger partial charge in [0.05, 0.1) is 12.2 Å². The minimum absolute atomic E-state index is 0.0657. The van der Waals surface area contributed by atoms with Crippen molar-refractivity contribution in [1.29, 1.82) is 0 Å². The van der Waals surface area contributed by atoms with Crippen LogP contribution in [0, 0.1) is 6.92 Å². The molecule has 2 aromatic carbocycles. The molecule has 2 aliphatic heterocycles. The number of thioether (sulfide) groups is 1. The SMILES string of the molecule is Cc1cc(C(=O)N2CCSCC2)ccc1NC(=O)c1ccc(CN2CC(C)OC(C)C2)cc1. The van der Waals surface area contributed by atoms with Gasteiger partial charge in [0.25, 0.3) is 11.8 Å². The van der Waals surface area contributed by atoms with Crippen molar-refractivity contribution in [3.8, 4) is 0 Å². The molecule has 2 heterocycles. The van der Waals surface area contributed by atoms with Gasteiger partial charge in [0, 0.05) is 61.0 Å². The molecule has 7 heteroatoms. The highest BCUT2D eigenvalue weighted by atomic mass is 32.2. The predicted molar refractivity (Wildman–Crippen MR) is 134 cm³/mol. The molecular weight excluding hydrogens is 434 g/mol. The fourth-order valence-corrected chi connectivity index (χ4v) is 5.42. The third-order valence-corrected chi connectivity index (χ3v) is 7.08. The third-order valence-electron chi connectivity index (χ3n) is 6.14. The second-order valence-electron chi connectivity index (χ2n) is 9.04. The summed E-state index contributed by atoms with van der Waals surface area (Å²) in [7, 11) is 0. The summed E-state index contributed by atoms with van der Waals surface area (Å²) in [6.45, 7) is 10.4. The Hall–Kier alpha value is -2.35. The van der Waals surface area contributed by atoms with Crippen molar-refractivity contribution in [2.24, 2.45) is 0 Å². The van der Waals surface area contributed by atoms with Crippen LogP contribution in [0.3, 0.4) is 0 Å². The van der Waals surface area contributed by atoms with Gasteiger partial charge >= 0.3 is 0 Å². The molecular formula is C26H33N3O3S. The number of ether oxygens (including phenoxy) is 1. The summed E-state index contributed by atoms with van der Waals surface area (Å²) in [6, 6.07) is 13.3. The van der Waals surface area contributed by atoms with Crippen molar-refractivity contribution in [2.75, 3.05) is 43.0 Å². The number of carbonyl (C=O) groups is 2. The molecule has 2 amide bonds. The monoisotopic (exact) mass is 467 g/mol. The highest BCUT2D eigenvalue weighted by molar-refractivity contribution is 7.99. The highest BCUT2D eigenvalue weighted by Gasteiger charge is 2.22. The van der Waals surface area contributed by atoms with Crippen LogP contribution in [0.1, 0.15) is 45.7 Å². The fourth-order valence-electron chi connectivity index (χ4n) is 4.51. The molecule has 2 saturated heterocycles. The van der Waals surface area contributed by atoms with Crippen molar-refractivity contribution in [3.05, 3.63) is 64.7 Å². The first-order chi connectivity index (χ1) is 15.9. The van der Waals surface area contributed by atoms with Crippen molar-refractivity contribution in [3.63, 3.8) is 0 Å². The Morgan fingerprint density at radius 1 is 1.00 bits per heavy atom. The Balaban J connectivity index is 1.36. The van der Waals surface area contributed by atoms with E-state index in [1.807, 2.05) is 60.0 Å². The molecule has 33 heavy (non-hydrogen) atoms. The van der Waals surface area contributed by atoms with Gasteiger partial charge in [-0.1, -0.05) is 12.1 Å². The van der Waals surface area contributed by atoms with Crippen LogP contribution in [0.5, 0.6) is 0 Å². The zero-order valence-electron chi connectivity index (χ0n) is 19.7. The number of nitrogens with zero attached hydrogens (tertiary/aromatic N) is 2. The number of hydrogen-bond donors (Lipinski definition) is 1. The zero-order chi connectivity index (χ0) is 23.4. The van der Waals surface area contributed by atoms with Crippen molar-refractivity contribution < 1.29 is 14.3 Å². The number of amides is 2. The Morgan fingerprint density at radius 3 is 2.27 bits per heavy atom. The Morgan fingerprint density at radius 2 is 1.64 bits per heavy atom. The maximum atomic E-state index is 12.8. The first-order valence-corrected chi connectivity index (χ1v) is 12.8. The Kier molecular flexibility index (Phi) is 7.73. The van der Waals surface area contributed by atoms with E-state index < -0.39 is 0 Å². The van der Waals surface area contributed by atoms with E-state index in [-0.39, 0.29) is 24.0 Å². The summed E-state index contributed by atoms with van der Waals surface area (Å²) >= 11 is 1.88. The lowest BCUT2D eigenvalue weighted by Gasteiger charge is -2.35. The lowest BCUT2D eigenvalue weighted by molar-refractivity contribution is -0.0704. The number of anilines is 1. The molecule has 1 N–H and O–H groups in total. The van der Waals surface area contributed by atoms with Crippen LogP contribution in [0.25, 0.3) is 0 Å². The van der Waals surface area contributed by atoms with E-state index in [1.165, 1.54) is 5.56 Å². The van der Waals surface area contributed by atoms with Crippen molar-refractivity contribution in [2.45, 2.75) is 39.5 Å². The van der Waals surface area contributed by atoms with Crippen LogP contribution in [0.4, 0.5) is 5.69 Å². The third kappa shape index (κ3) is 6.16. The number of benzene rings is 2. The van der Waals surface area contributed by atoms with E-state index in [9.17, 15) is 9.59 Å². The molecule has 0 spiro atoms. The van der Waals surface area contributed by atoms with Gasteiger partial charge in [0.15, 0.2) is 0 Å². The van der Waals surface area contributed by atoms with E-state index in [2.05, 4.69) is 24.1 Å². The van der Waals surface area contributed by atoms with Gasteiger partial charge in [0.2, 0.25) is 0 Å². The number of hydrogen-bond acceptors (Lipinski definition) is 5. The Bertz CT molecular complexity index is 979. The predicted octanol–water partition coefficient (Wildman–Crippen LogP) is 4.05. The first kappa shape index (κ1) is 23.8. The first-order valence-electron chi connectivity index (χ1n) is 11.6. The fraction of sp³-hybridized carbons (Fsp3) is 0.462. The van der Waals surface area contributed by atoms with Gasteiger partial charge in [-0.2, -0.15) is 11.8 Å². The van der Waals surface area contributed by atoms with Crippen LogP contribution in [0.15, 0.2) is 42.5 Å². The summed E-state index contributed by atoms with van der Waals surface area (Å²) in [5.74, 6) is 1.89. The van der Waals surface area contributed by atoms with Crippen LogP contribution in [-0.2, 0) is 11.3 Å². The standard InChI is InChI=1S/C26H33N3O3S/c1-18-14-23(26(31)29-10-12-33-13-11-29)8-9-24(18)27-25(30)22-6-4-21(5-7-22)17-28-15-19(2)32-20(3)16-28/h4-9,14,19-20H,10-13,15-17H2,1-3H3,(H,27,30). The van der Waals surface area contributed by atoms with Crippen molar-refractivity contribution >= 4 is 29.3 Å². The largest absolute Gasteiger partial charge is 0.373 e. The second kappa shape index (κ2) is 10.7. The summed E-state index contributed by atoms with van der Waals surface area (Å²) < 4.78 is 5.81. The molecule has 2 aromatic rings. The molecule has 2 atom stereocenters. The molecule has 2 fully saturated rings. The van der Waals surface area contributed by atoms with E-state index in [0.717, 1.165) is 55.5 Å². The highest BCUT2D eigenvalue weighted by Crippen LogP contribution is 2.21. The number of carbonyl (C=O) groups excluding carboxylic acids is 2. The molecule has 6 nitrogen and oxygen atoms in total. The number of morpholine rings is 1. The number of nitrogens with one attached hydrogen (secondary N) is 1. The van der Waals surface area contributed by atoms with E-state index in [0.29, 0.717) is 11.1 Å². The summed E-state index contributed by atoms with van der Waals surface area (Å²) in [5.41, 5.74) is 4.09. The van der Waals surface area contributed by atoms with E-state index in [4.69, 9.17) is 4.74 Å². The van der Waals surface area contributed by atoms with E-state index >= 15 is 0 Å². The van der Waals surface area contributed by atoms with Crippen LogP contribution in [0.2, 0.25) is 0 Å². The van der Waals surface area contributed by atoms with Crippen LogP contribution >= 0.6 is 11.8 Å². The smallest absolute Gasteiger partial charge is 0.255 e. The average molecular weight is 468 g/mol. The molecule has 0 aliphatic carbocycles. The van der Waals surface area contributed by atoms with Crippen LogP contribution < -0.4 is 5.32 Å². The maximum absolute atomic E-state index is 12.8. The summed E-state index contributed by atoms with van der Waals surface area (Å²) in [4.78, 5) is 29.8. The number of rotatable bonds is 5. The van der Waals surface area contributed by atoms with Gasteiger partial charge in [-0.25, -0.2) is 0 Å². The van der Waals surface area contributed by atoms with Crippen molar-refractivity contribution in [1.82, 2.24) is 9.80 Å². The quantitative estimate of drug-likeness (QED) is 0.719. The van der Waals surface area contributed by atoms with Gasteiger partial charge in [-0.15, -0.1) is 0 Å². The molecule has 176 valence electrons. The lowest BCUT2D eigenvalue weighted by Crippen LogP contribution is -2.44. The maximum Gasteiger partial charge on any atom is 0.255 e. The minimum Gasteiger partial charge on any atom is -0.373 e. The normalized spacial score (nSPS) is 21.6. The van der Waals surface area contributed by atoms with Crippen LogP contribution in [-0.4, -0.2) is 71.5 Å². The molecule has 2 unspecified atom stereocenters. The van der Waals surface area contributed by atoms with Gasteiger partial charge < -0.3 is 15.0 Å². The lowest BCUT2D eigenvalue weighted by atomic mass is 10.1. The molecule has 0 bridgehead atoms.